The van der Waals surface area contributed by atoms with E-state index in [2.05, 4.69) is 24.1 Å². The molecule has 0 aromatic rings. The molecule has 1 unspecified atom stereocenters. The molecule has 100 valence electrons. The minimum absolute atomic E-state index is 0.00756. The van der Waals surface area contributed by atoms with Gasteiger partial charge in [0.15, 0.2) is 0 Å². The summed E-state index contributed by atoms with van der Waals surface area (Å²) in [5, 5.41) is 3.00. The molecule has 4 nitrogen and oxygen atoms in total. The van der Waals surface area contributed by atoms with E-state index in [9.17, 15) is 4.79 Å². The van der Waals surface area contributed by atoms with Crippen molar-refractivity contribution in [1.82, 2.24) is 10.2 Å². The smallest absolute Gasteiger partial charge is 0.240 e. The zero-order chi connectivity index (χ0) is 13.3. The fourth-order valence-electron chi connectivity index (χ4n) is 2.29. The summed E-state index contributed by atoms with van der Waals surface area (Å²) in [5.74, 6) is 0.367. The van der Waals surface area contributed by atoms with Gasteiger partial charge in [-0.15, -0.1) is 0 Å². The molecule has 0 aliphatic heterocycles. The molecule has 1 amide bonds. The van der Waals surface area contributed by atoms with E-state index in [4.69, 9.17) is 5.73 Å². The summed E-state index contributed by atoms with van der Waals surface area (Å²) in [7, 11) is 4.08. The Bertz CT molecular complexity index is 280. The normalized spacial score (nSPS) is 20.2. The Hall–Kier alpha value is -0.610. The van der Waals surface area contributed by atoms with Gasteiger partial charge in [0.2, 0.25) is 5.91 Å². The molecule has 4 heteroatoms. The van der Waals surface area contributed by atoms with E-state index < -0.39 is 5.54 Å². The van der Waals surface area contributed by atoms with Crippen molar-refractivity contribution in [3.63, 3.8) is 0 Å². The van der Waals surface area contributed by atoms with Gasteiger partial charge in [-0.2, -0.15) is 0 Å². The first kappa shape index (κ1) is 14.5. The molecule has 0 aromatic heterocycles. The molecule has 1 fully saturated rings. The summed E-state index contributed by atoms with van der Waals surface area (Å²) in [6.45, 7) is 7.76. The van der Waals surface area contributed by atoms with Crippen LogP contribution >= 0.6 is 0 Å². The zero-order valence-corrected chi connectivity index (χ0v) is 11.8. The fraction of sp³-hybridized carbons (Fsp3) is 0.923. The third-order valence-corrected chi connectivity index (χ3v) is 3.39. The van der Waals surface area contributed by atoms with Crippen LogP contribution in [0.2, 0.25) is 0 Å². The molecule has 3 N–H and O–H groups in total. The average Bonchev–Trinajstić information content (AvgIpc) is 2.94. The Morgan fingerprint density at radius 1 is 1.35 bits per heavy atom. The molecule has 0 bridgehead atoms. The summed E-state index contributed by atoms with van der Waals surface area (Å²) in [6, 6.07) is 0. The first-order valence-electron chi connectivity index (χ1n) is 6.37. The second-order valence-electron chi connectivity index (χ2n) is 6.64. The van der Waals surface area contributed by atoms with Crippen molar-refractivity contribution in [1.29, 1.82) is 0 Å². The van der Waals surface area contributed by atoms with E-state index in [0.717, 1.165) is 19.4 Å². The van der Waals surface area contributed by atoms with Crippen molar-refractivity contribution in [3.8, 4) is 0 Å². The third kappa shape index (κ3) is 4.28. The number of hydrogen-bond acceptors (Lipinski definition) is 3. The van der Waals surface area contributed by atoms with Crippen LogP contribution in [0.1, 0.15) is 33.6 Å². The van der Waals surface area contributed by atoms with Gasteiger partial charge in [-0.3, -0.25) is 4.79 Å². The highest BCUT2D eigenvalue weighted by Crippen LogP contribution is 2.38. The SMILES string of the molecule is CN(C)CC(C)(C)CNC(=O)C(C)(N)C1CC1. The summed E-state index contributed by atoms with van der Waals surface area (Å²) < 4.78 is 0. The third-order valence-electron chi connectivity index (χ3n) is 3.39. The Balaban J connectivity index is 2.42. The van der Waals surface area contributed by atoms with E-state index in [1.54, 1.807) is 0 Å². The van der Waals surface area contributed by atoms with Gasteiger partial charge in [-0.05, 0) is 45.2 Å². The second-order valence-corrected chi connectivity index (χ2v) is 6.64. The molecule has 0 radical (unpaired) electrons. The number of amides is 1. The summed E-state index contributed by atoms with van der Waals surface area (Å²) in [6.07, 6.45) is 2.17. The fourth-order valence-corrected chi connectivity index (χ4v) is 2.29. The molecule has 0 saturated heterocycles. The largest absolute Gasteiger partial charge is 0.354 e. The lowest BCUT2D eigenvalue weighted by molar-refractivity contribution is -0.127. The van der Waals surface area contributed by atoms with Gasteiger partial charge in [0.1, 0.15) is 0 Å². The lowest BCUT2D eigenvalue weighted by Crippen LogP contribution is -2.55. The first-order valence-corrected chi connectivity index (χ1v) is 6.37. The van der Waals surface area contributed by atoms with Crippen LogP contribution < -0.4 is 11.1 Å². The van der Waals surface area contributed by atoms with Gasteiger partial charge in [-0.25, -0.2) is 0 Å². The second kappa shape index (κ2) is 4.94. The van der Waals surface area contributed by atoms with Crippen LogP contribution in [0.4, 0.5) is 0 Å². The van der Waals surface area contributed by atoms with Crippen molar-refractivity contribution in [2.24, 2.45) is 17.1 Å². The summed E-state index contributed by atoms with van der Waals surface area (Å²) in [5.41, 5.74) is 5.46. The highest BCUT2D eigenvalue weighted by Gasteiger charge is 2.44. The van der Waals surface area contributed by atoms with Gasteiger partial charge in [-0.1, -0.05) is 13.8 Å². The number of nitrogens with two attached hydrogens (primary N) is 1. The van der Waals surface area contributed by atoms with Crippen LogP contribution in [0.3, 0.4) is 0 Å². The van der Waals surface area contributed by atoms with Gasteiger partial charge in [0.05, 0.1) is 5.54 Å². The van der Waals surface area contributed by atoms with E-state index in [0.29, 0.717) is 12.5 Å². The molecule has 1 saturated carbocycles. The molecule has 1 aliphatic rings. The predicted molar refractivity (Wildman–Crippen MR) is 70.7 cm³/mol. The van der Waals surface area contributed by atoms with Crippen molar-refractivity contribution in [2.75, 3.05) is 27.2 Å². The molecule has 1 aliphatic carbocycles. The maximum Gasteiger partial charge on any atom is 0.240 e. The van der Waals surface area contributed by atoms with Crippen molar-refractivity contribution in [3.05, 3.63) is 0 Å². The van der Waals surface area contributed by atoms with Crippen LogP contribution in [-0.2, 0) is 4.79 Å². The van der Waals surface area contributed by atoms with Gasteiger partial charge < -0.3 is 16.0 Å². The van der Waals surface area contributed by atoms with Crippen LogP contribution in [-0.4, -0.2) is 43.5 Å². The molecule has 1 rings (SSSR count). The minimum Gasteiger partial charge on any atom is -0.354 e. The molecule has 0 heterocycles. The quantitative estimate of drug-likeness (QED) is 0.724. The minimum atomic E-state index is -0.686. The lowest BCUT2D eigenvalue weighted by Gasteiger charge is -2.31. The van der Waals surface area contributed by atoms with Crippen LogP contribution in [0.15, 0.2) is 0 Å². The van der Waals surface area contributed by atoms with Gasteiger partial charge >= 0.3 is 0 Å². The first-order chi connectivity index (χ1) is 7.65. The van der Waals surface area contributed by atoms with Crippen LogP contribution in [0.5, 0.6) is 0 Å². The van der Waals surface area contributed by atoms with Gasteiger partial charge in [0, 0.05) is 13.1 Å². The molecule has 17 heavy (non-hydrogen) atoms. The Labute approximate surface area is 105 Å². The summed E-state index contributed by atoms with van der Waals surface area (Å²) in [4.78, 5) is 14.2. The van der Waals surface area contributed by atoms with Crippen molar-refractivity contribution >= 4 is 5.91 Å². The predicted octanol–water partition coefficient (Wildman–Crippen LogP) is 0.818. The van der Waals surface area contributed by atoms with Crippen molar-refractivity contribution in [2.45, 2.75) is 39.2 Å². The van der Waals surface area contributed by atoms with E-state index >= 15 is 0 Å². The van der Waals surface area contributed by atoms with Crippen molar-refractivity contribution < 1.29 is 4.79 Å². The molecule has 0 spiro atoms. The Kier molecular flexibility index (Phi) is 4.20. The lowest BCUT2D eigenvalue weighted by atomic mass is 9.91. The highest BCUT2D eigenvalue weighted by atomic mass is 16.2. The molecule has 0 aromatic carbocycles. The van der Waals surface area contributed by atoms with Gasteiger partial charge in [0.25, 0.3) is 0 Å². The Morgan fingerprint density at radius 2 is 1.88 bits per heavy atom. The standard InChI is InChI=1S/C13H27N3O/c1-12(2,9-16(4)5)8-15-11(17)13(3,14)10-6-7-10/h10H,6-9,14H2,1-5H3,(H,15,17). The maximum atomic E-state index is 12.0. The van der Waals surface area contributed by atoms with Crippen LogP contribution in [0, 0.1) is 11.3 Å². The van der Waals surface area contributed by atoms with E-state index in [1.807, 2.05) is 21.0 Å². The number of rotatable bonds is 6. The topological polar surface area (TPSA) is 58.4 Å². The summed E-state index contributed by atoms with van der Waals surface area (Å²) >= 11 is 0. The maximum absolute atomic E-state index is 12.0. The Morgan fingerprint density at radius 3 is 2.29 bits per heavy atom. The number of carbonyl (C=O) groups is 1. The highest BCUT2D eigenvalue weighted by molar-refractivity contribution is 5.86. The number of nitrogens with one attached hydrogen (secondary N) is 1. The molecular formula is C13H27N3O. The number of nitrogens with zero attached hydrogens (tertiary/aromatic N) is 1. The molecular weight excluding hydrogens is 214 g/mol. The van der Waals surface area contributed by atoms with E-state index in [-0.39, 0.29) is 11.3 Å². The monoisotopic (exact) mass is 241 g/mol. The number of hydrogen-bond donors (Lipinski definition) is 2. The van der Waals surface area contributed by atoms with E-state index in [1.165, 1.54) is 0 Å². The molecule has 1 atom stereocenters. The zero-order valence-electron chi connectivity index (χ0n) is 11.8. The average molecular weight is 241 g/mol. The number of carbonyl (C=O) groups excluding carboxylic acids is 1. The van der Waals surface area contributed by atoms with Crippen LogP contribution in [0.25, 0.3) is 0 Å².